The van der Waals surface area contributed by atoms with E-state index >= 15 is 0 Å². The maximum Gasteiger partial charge on any atom is 0.319 e. The molecule has 1 unspecified atom stereocenters. The molecule has 1 atom stereocenters. The fraction of sp³-hybridized carbons (Fsp3) is 0.536. The average Bonchev–Trinajstić information content (AvgIpc) is 2.96. The van der Waals surface area contributed by atoms with Crippen LogP contribution in [0, 0.1) is 0 Å². The van der Waals surface area contributed by atoms with Crippen LogP contribution in [-0.2, 0) is 54.1 Å². The van der Waals surface area contributed by atoms with Gasteiger partial charge in [0.05, 0.1) is 74.9 Å². The van der Waals surface area contributed by atoms with Crippen molar-refractivity contribution in [3.63, 3.8) is 0 Å². The maximum atomic E-state index is 12.4. The Kier molecular flexibility index (Phi) is 16.4. The van der Waals surface area contributed by atoms with Crippen molar-refractivity contribution in [2.24, 2.45) is 0 Å². The van der Waals surface area contributed by atoms with Crippen molar-refractivity contribution in [1.29, 1.82) is 0 Å². The van der Waals surface area contributed by atoms with E-state index in [1.807, 2.05) is 31.2 Å². The summed E-state index contributed by atoms with van der Waals surface area (Å²) >= 11 is 0. The summed E-state index contributed by atoms with van der Waals surface area (Å²) in [5.41, 5.74) is 2.47. The Bertz CT molecular complexity index is 1030. The molecule has 0 aliphatic carbocycles. The Morgan fingerprint density at radius 3 is 1.50 bits per heavy atom. The zero-order chi connectivity index (χ0) is 31.7. The molecule has 0 heterocycles. The van der Waals surface area contributed by atoms with Crippen molar-refractivity contribution in [1.82, 2.24) is 14.7 Å². The number of nitrogens with zero attached hydrogens (tertiary/aromatic N) is 3. The van der Waals surface area contributed by atoms with Crippen LogP contribution in [0.3, 0.4) is 0 Å². The minimum atomic E-state index is -0.602. The molecule has 0 aliphatic rings. The second kappa shape index (κ2) is 19.2. The molecule has 14 nitrogen and oxygen atoms in total. The Hall–Kier alpha value is -4.01. The third-order valence-corrected chi connectivity index (χ3v) is 6.03. The summed E-state index contributed by atoms with van der Waals surface area (Å²) in [6.07, 6.45) is 0.340. The van der Waals surface area contributed by atoms with Crippen LogP contribution in [0.2, 0.25) is 0 Å². The summed E-state index contributed by atoms with van der Waals surface area (Å²) < 4.78 is 24.1. The van der Waals surface area contributed by atoms with Gasteiger partial charge in [-0.3, -0.25) is 38.7 Å². The second-order valence-corrected chi connectivity index (χ2v) is 9.39. The molecule has 0 spiro atoms. The van der Waals surface area contributed by atoms with Crippen molar-refractivity contribution < 1.29 is 47.7 Å². The molecule has 14 heteroatoms. The van der Waals surface area contributed by atoms with Crippen LogP contribution < -0.4 is 5.32 Å². The smallest absolute Gasteiger partial charge is 0.319 e. The van der Waals surface area contributed by atoms with Crippen molar-refractivity contribution in [2.75, 3.05) is 86.8 Å². The number of rotatable bonds is 19. The van der Waals surface area contributed by atoms with Crippen LogP contribution >= 0.6 is 0 Å². The zero-order valence-corrected chi connectivity index (χ0v) is 25.2. The zero-order valence-electron chi connectivity index (χ0n) is 25.2. The van der Waals surface area contributed by atoms with E-state index in [4.69, 9.17) is 23.7 Å². The quantitative estimate of drug-likeness (QED) is 0.132. The maximum absolute atomic E-state index is 12.4. The molecule has 1 aromatic rings. The van der Waals surface area contributed by atoms with E-state index in [9.17, 15) is 24.0 Å². The van der Waals surface area contributed by atoms with Crippen molar-refractivity contribution in [3.8, 4) is 0 Å². The van der Waals surface area contributed by atoms with Gasteiger partial charge in [0.15, 0.2) is 0 Å². The van der Waals surface area contributed by atoms with Crippen molar-refractivity contribution in [2.45, 2.75) is 19.4 Å². The standard InChI is InChI=1S/C28H42N4O10/c1-20(2)29-22-10-8-21(9-11-22)12-23(32(17-27(36)41-6)18-28(37)42-7)13-30(14-24(33)38-3)19-31(15-25(34)39-4)16-26(35)40-5/h8-11,23,29H,1,12-19H2,2-7H3. The lowest BCUT2D eigenvalue weighted by Gasteiger charge is -2.36. The van der Waals surface area contributed by atoms with Gasteiger partial charge in [0.2, 0.25) is 0 Å². The van der Waals surface area contributed by atoms with Gasteiger partial charge in [-0.05, 0) is 31.0 Å². The lowest BCUT2D eigenvalue weighted by Crippen LogP contribution is -2.53. The molecule has 0 aliphatic heterocycles. The molecule has 1 N–H and O–H groups in total. The number of hydrogen-bond acceptors (Lipinski definition) is 14. The molecule has 0 fully saturated rings. The number of esters is 5. The fourth-order valence-corrected chi connectivity index (χ4v) is 3.98. The van der Waals surface area contributed by atoms with E-state index in [1.165, 1.54) is 40.4 Å². The van der Waals surface area contributed by atoms with Crippen LogP contribution in [0.25, 0.3) is 0 Å². The monoisotopic (exact) mass is 594 g/mol. The highest BCUT2D eigenvalue weighted by Gasteiger charge is 2.29. The van der Waals surface area contributed by atoms with Gasteiger partial charge in [-0.2, -0.15) is 0 Å². The van der Waals surface area contributed by atoms with Gasteiger partial charge < -0.3 is 29.0 Å². The SMILES string of the molecule is C=C(C)Nc1ccc(CC(CN(CC(=O)OC)CN(CC(=O)OC)CC(=O)OC)N(CC(=O)OC)CC(=O)OC)cc1. The van der Waals surface area contributed by atoms with Gasteiger partial charge in [-0.25, -0.2) is 0 Å². The minimum absolute atomic E-state index is 0.0540. The Labute approximate surface area is 246 Å². The van der Waals surface area contributed by atoms with Crippen LogP contribution in [0.15, 0.2) is 36.5 Å². The minimum Gasteiger partial charge on any atom is -0.468 e. The van der Waals surface area contributed by atoms with E-state index in [0.29, 0.717) is 6.42 Å². The lowest BCUT2D eigenvalue weighted by molar-refractivity contribution is -0.150. The molecule has 1 aromatic carbocycles. The molecule has 0 amide bonds. The average molecular weight is 595 g/mol. The van der Waals surface area contributed by atoms with E-state index in [0.717, 1.165) is 16.9 Å². The molecule has 0 radical (unpaired) electrons. The number of hydrogen-bond donors (Lipinski definition) is 1. The number of ether oxygens (including phenoxy) is 5. The summed E-state index contributed by atoms with van der Waals surface area (Å²) in [6, 6.07) is 6.96. The van der Waals surface area contributed by atoms with Crippen LogP contribution in [0.4, 0.5) is 5.69 Å². The largest absolute Gasteiger partial charge is 0.468 e. The second-order valence-electron chi connectivity index (χ2n) is 9.39. The molecule has 0 bridgehead atoms. The molecule has 0 aromatic heterocycles. The van der Waals surface area contributed by atoms with E-state index in [-0.39, 0.29) is 45.9 Å². The number of anilines is 1. The molecular weight excluding hydrogens is 552 g/mol. The predicted molar refractivity (Wildman–Crippen MR) is 152 cm³/mol. The van der Waals surface area contributed by atoms with E-state index in [2.05, 4.69) is 11.9 Å². The fourth-order valence-electron chi connectivity index (χ4n) is 3.98. The molecule has 0 saturated carbocycles. The Morgan fingerprint density at radius 1 is 0.690 bits per heavy atom. The number of carbonyl (C=O) groups excluding carboxylic acids is 5. The highest BCUT2D eigenvalue weighted by molar-refractivity contribution is 5.76. The van der Waals surface area contributed by atoms with Gasteiger partial charge >= 0.3 is 29.8 Å². The summed E-state index contributed by atoms with van der Waals surface area (Å²) in [4.78, 5) is 66.0. The summed E-state index contributed by atoms with van der Waals surface area (Å²) in [6.45, 7) is 4.48. The molecule has 42 heavy (non-hydrogen) atoms. The molecule has 0 saturated heterocycles. The third-order valence-electron chi connectivity index (χ3n) is 6.03. The van der Waals surface area contributed by atoms with Gasteiger partial charge in [0.1, 0.15) is 0 Å². The predicted octanol–water partition coefficient (Wildman–Crippen LogP) is 0.272. The number of nitrogens with one attached hydrogen (secondary N) is 1. The first kappa shape index (κ1) is 36.0. The van der Waals surface area contributed by atoms with Gasteiger partial charge in [0, 0.05) is 24.0 Å². The highest BCUT2D eigenvalue weighted by atomic mass is 16.5. The van der Waals surface area contributed by atoms with Gasteiger partial charge in [0.25, 0.3) is 0 Å². The first-order chi connectivity index (χ1) is 19.9. The number of allylic oxidation sites excluding steroid dienone is 1. The van der Waals surface area contributed by atoms with Gasteiger partial charge in [-0.15, -0.1) is 0 Å². The molecule has 234 valence electrons. The van der Waals surface area contributed by atoms with E-state index < -0.39 is 35.9 Å². The lowest BCUT2D eigenvalue weighted by atomic mass is 10.0. The highest BCUT2D eigenvalue weighted by Crippen LogP contribution is 2.17. The summed E-state index contributed by atoms with van der Waals surface area (Å²) in [5, 5.41) is 3.13. The van der Waals surface area contributed by atoms with Gasteiger partial charge in [-0.1, -0.05) is 18.7 Å². The summed E-state index contributed by atoms with van der Waals surface area (Å²) in [5.74, 6) is -2.94. The number of carbonyl (C=O) groups is 5. The third kappa shape index (κ3) is 14.1. The van der Waals surface area contributed by atoms with Crippen LogP contribution in [-0.4, -0.2) is 132 Å². The topological polar surface area (TPSA) is 153 Å². The van der Waals surface area contributed by atoms with Crippen LogP contribution in [0.5, 0.6) is 0 Å². The van der Waals surface area contributed by atoms with Crippen LogP contribution in [0.1, 0.15) is 12.5 Å². The molecule has 1 rings (SSSR count). The number of benzene rings is 1. The van der Waals surface area contributed by atoms with Crippen molar-refractivity contribution >= 4 is 35.5 Å². The normalized spacial score (nSPS) is 11.5. The number of methoxy groups -OCH3 is 5. The molecular formula is C28H42N4O10. The first-order valence-electron chi connectivity index (χ1n) is 13.0. The Balaban J connectivity index is 3.47. The summed E-state index contributed by atoms with van der Waals surface area (Å²) in [7, 11) is 6.15. The van der Waals surface area contributed by atoms with Crippen molar-refractivity contribution in [3.05, 3.63) is 42.1 Å². The Morgan fingerprint density at radius 2 is 1.10 bits per heavy atom. The first-order valence-corrected chi connectivity index (χ1v) is 13.0. The van der Waals surface area contributed by atoms with E-state index in [1.54, 1.807) is 9.80 Å².